The first-order valence-corrected chi connectivity index (χ1v) is 7.48. The van der Waals surface area contributed by atoms with Gasteiger partial charge in [0.1, 0.15) is 0 Å². The highest BCUT2D eigenvalue weighted by Gasteiger charge is 2.20. The van der Waals surface area contributed by atoms with E-state index in [1.165, 1.54) is 29.7 Å². The normalized spacial score (nSPS) is 20.4. The molecule has 3 heteroatoms. The Morgan fingerprint density at radius 1 is 1.26 bits per heavy atom. The monoisotopic (exact) mass is 260 g/mol. The Morgan fingerprint density at radius 3 is 2.95 bits per heavy atom. The summed E-state index contributed by atoms with van der Waals surface area (Å²) in [5.41, 5.74) is 4.16. The third kappa shape index (κ3) is 3.48. The number of rotatable bonds is 4. The Balaban J connectivity index is 1.66. The number of anilines is 1. The van der Waals surface area contributed by atoms with Crippen molar-refractivity contribution in [1.82, 2.24) is 5.32 Å². The van der Waals surface area contributed by atoms with Crippen molar-refractivity contribution < 1.29 is 4.74 Å². The average Bonchev–Trinajstić information content (AvgIpc) is 3.24. The number of hydrogen-bond donors (Lipinski definition) is 1. The zero-order valence-corrected chi connectivity index (χ0v) is 11.8. The molecule has 1 saturated heterocycles. The van der Waals surface area contributed by atoms with Crippen LogP contribution in [0.25, 0.3) is 0 Å². The maximum atomic E-state index is 5.53. The first kappa shape index (κ1) is 12.9. The van der Waals surface area contributed by atoms with Gasteiger partial charge in [0.15, 0.2) is 0 Å². The predicted octanol–water partition coefficient (Wildman–Crippen LogP) is 2.47. The first-order chi connectivity index (χ1) is 9.33. The average molecular weight is 260 g/mol. The van der Waals surface area contributed by atoms with Gasteiger partial charge in [-0.25, -0.2) is 0 Å². The molecule has 2 aliphatic rings. The van der Waals surface area contributed by atoms with E-state index >= 15 is 0 Å². The Kier molecular flexibility index (Phi) is 4.04. The highest BCUT2D eigenvalue weighted by atomic mass is 16.5. The molecule has 2 fully saturated rings. The summed E-state index contributed by atoms with van der Waals surface area (Å²) >= 11 is 0. The van der Waals surface area contributed by atoms with Crippen LogP contribution in [0.4, 0.5) is 5.69 Å². The second-order valence-electron chi connectivity index (χ2n) is 5.73. The van der Waals surface area contributed by atoms with Gasteiger partial charge >= 0.3 is 0 Å². The van der Waals surface area contributed by atoms with Crippen molar-refractivity contribution in [3.05, 3.63) is 29.3 Å². The van der Waals surface area contributed by atoms with Gasteiger partial charge in [-0.15, -0.1) is 0 Å². The molecule has 1 aromatic rings. The zero-order chi connectivity index (χ0) is 13.1. The van der Waals surface area contributed by atoms with E-state index in [9.17, 15) is 0 Å². The van der Waals surface area contributed by atoms with Crippen molar-refractivity contribution in [1.29, 1.82) is 0 Å². The number of nitrogens with one attached hydrogen (secondary N) is 1. The molecule has 1 aromatic carbocycles. The van der Waals surface area contributed by atoms with Crippen LogP contribution in [0.5, 0.6) is 0 Å². The highest BCUT2D eigenvalue weighted by molar-refractivity contribution is 5.54. The Bertz CT molecular complexity index is 421. The lowest BCUT2D eigenvalue weighted by molar-refractivity contribution is 0.152. The van der Waals surface area contributed by atoms with Crippen LogP contribution in [-0.2, 0) is 11.3 Å². The molecule has 19 heavy (non-hydrogen) atoms. The molecule has 104 valence electrons. The Morgan fingerprint density at radius 2 is 2.16 bits per heavy atom. The Labute approximate surface area is 115 Å². The van der Waals surface area contributed by atoms with E-state index < -0.39 is 0 Å². The molecule has 0 radical (unpaired) electrons. The fourth-order valence-corrected chi connectivity index (χ4v) is 2.72. The molecule has 1 heterocycles. The van der Waals surface area contributed by atoms with Crippen molar-refractivity contribution >= 4 is 5.69 Å². The van der Waals surface area contributed by atoms with Crippen LogP contribution >= 0.6 is 0 Å². The fourth-order valence-electron chi connectivity index (χ4n) is 2.72. The molecule has 0 unspecified atom stereocenters. The van der Waals surface area contributed by atoms with Crippen molar-refractivity contribution in [2.75, 3.05) is 31.2 Å². The molecule has 1 saturated carbocycles. The number of aryl methyl sites for hydroxylation is 1. The van der Waals surface area contributed by atoms with E-state index in [1.807, 2.05) is 0 Å². The SMILES string of the molecule is Cc1cc(CNC2CC2)ccc1N1CCCOCC1. The van der Waals surface area contributed by atoms with Gasteiger partial charge in [0, 0.05) is 38.0 Å². The number of benzene rings is 1. The van der Waals surface area contributed by atoms with Gasteiger partial charge in [-0.3, -0.25) is 0 Å². The second-order valence-corrected chi connectivity index (χ2v) is 5.73. The molecule has 0 bridgehead atoms. The molecule has 0 amide bonds. The lowest BCUT2D eigenvalue weighted by Crippen LogP contribution is -2.26. The topological polar surface area (TPSA) is 24.5 Å². The van der Waals surface area contributed by atoms with Crippen molar-refractivity contribution in [3.8, 4) is 0 Å². The summed E-state index contributed by atoms with van der Waals surface area (Å²) in [5, 5.41) is 3.58. The van der Waals surface area contributed by atoms with Gasteiger partial charge in [0.25, 0.3) is 0 Å². The Hall–Kier alpha value is -1.06. The van der Waals surface area contributed by atoms with Crippen molar-refractivity contribution in [2.45, 2.75) is 38.8 Å². The minimum absolute atomic E-state index is 0.780. The third-order valence-electron chi connectivity index (χ3n) is 4.00. The second kappa shape index (κ2) is 5.93. The lowest BCUT2D eigenvalue weighted by Gasteiger charge is -2.24. The van der Waals surface area contributed by atoms with Gasteiger partial charge in [-0.05, 0) is 43.4 Å². The minimum atomic E-state index is 0.780. The van der Waals surface area contributed by atoms with E-state index in [0.717, 1.165) is 45.3 Å². The number of hydrogen-bond acceptors (Lipinski definition) is 3. The lowest BCUT2D eigenvalue weighted by atomic mass is 10.1. The van der Waals surface area contributed by atoms with Gasteiger partial charge in [0.05, 0.1) is 6.61 Å². The quantitative estimate of drug-likeness (QED) is 0.900. The van der Waals surface area contributed by atoms with E-state index in [-0.39, 0.29) is 0 Å². The predicted molar refractivity (Wildman–Crippen MR) is 78.7 cm³/mol. The standard InChI is InChI=1S/C16H24N2O/c1-13-11-14(12-17-15-4-5-15)3-6-16(13)18-7-2-9-19-10-8-18/h3,6,11,15,17H,2,4-5,7-10,12H2,1H3. The van der Waals surface area contributed by atoms with Crippen LogP contribution in [0.3, 0.4) is 0 Å². The summed E-state index contributed by atoms with van der Waals surface area (Å²) in [6.45, 7) is 7.11. The maximum Gasteiger partial charge on any atom is 0.0641 e. The highest BCUT2D eigenvalue weighted by Crippen LogP contribution is 2.24. The molecular weight excluding hydrogens is 236 g/mol. The van der Waals surface area contributed by atoms with E-state index in [0.29, 0.717) is 0 Å². The van der Waals surface area contributed by atoms with Crippen LogP contribution < -0.4 is 10.2 Å². The van der Waals surface area contributed by atoms with Gasteiger partial charge in [0.2, 0.25) is 0 Å². The summed E-state index contributed by atoms with van der Waals surface area (Å²) in [4.78, 5) is 2.46. The molecule has 0 spiro atoms. The van der Waals surface area contributed by atoms with Crippen LogP contribution in [0, 0.1) is 6.92 Å². The molecule has 3 nitrogen and oxygen atoms in total. The summed E-state index contributed by atoms with van der Waals surface area (Å²) < 4.78 is 5.53. The van der Waals surface area contributed by atoms with Crippen LogP contribution in [-0.4, -0.2) is 32.3 Å². The van der Waals surface area contributed by atoms with E-state index in [2.05, 4.69) is 35.3 Å². The van der Waals surface area contributed by atoms with E-state index in [4.69, 9.17) is 4.74 Å². The van der Waals surface area contributed by atoms with Crippen LogP contribution in [0.1, 0.15) is 30.4 Å². The van der Waals surface area contributed by atoms with Gasteiger partial charge in [-0.1, -0.05) is 12.1 Å². The fraction of sp³-hybridized carbons (Fsp3) is 0.625. The first-order valence-electron chi connectivity index (χ1n) is 7.48. The van der Waals surface area contributed by atoms with Crippen molar-refractivity contribution in [2.24, 2.45) is 0 Å². The van der Waals surface area contributed by atoms with Crippen LogP contribution in [0.15, 0.2) is 18.2 Å². The largest absolute Gasteiger partial charge is 0.380 e. The third-order valence-corrected chi connectivity index (χ3v) is 4.00. The molecular formula is C16H24N2O. The number of ether oxygens (including phenoxy) is 1. The smallest absolute Gasteiger partial charge is 0.0641 e. The molecule has 0 atom stereocenters. The summed E-state index contributed by atoms with van der Waals surface area (Å²) in [5.74, 6) is 0. The summed E-state index contributed by atoms with van der Waals surface area (Å²) in [7, 11) is 0. The zero-order valence-electron chi connectivity index (χ0n) is 11.8. The maximum absolute atomic E-state index is 5.53. The molecule has 1 N–H and O–H groups in total. The van der Waals surface area contributed by atoms with Crippen LogP contribution in [0.2, 0.25) is 0 Å². The molecule has 1 aliphatic heterocycles. The molecule has 1 aliphatic carbocycles. The molecule has 3 rings (SSSR count). The number of nitrogens with zero attached hydrogens (tertiary/aromatic N) is 1. The molecule has 0 aromatic heterocycles. The summed E-state index contributed by atoms with van der Waals surface area (Å²) in [6, 6.07) is 7.66. The summed E-state index contributed by atoms with van der Waals surface area (Å²) in [6.07, 6.45) is 3.83. The minimum Gasteiger partial charge on any atom is -0.380 e. The van der Waals surface area contributed by atoms with Gasteiger partial charge in [-0.2, -0.15) is 0 Å². The van der Waals surface area contributed by atoms with Gasteiger partial charge < -0.3 is 15.0 Å². The van der Waals surface area contributed by atoms with E-state index in [1.54, 1.807) is 0 Å². The van der Waals surface area contributed by atoms with Crippen molar-refractivity contribution in [3.63, 3.8) is 0 Å².